The summed E-state index contributed by atoms with van der Waals surface area (Å²) in [7, 11) is 0. The van der Waals surface area contributed by atoms with Gasteiger partial charge in [-0.15, -0.1) is 13.2 Å². The van der Waals surface area contributed by atoms with Crippen LogP contribution in [0.4, 0.5) is 13.2 Å². The molecule has 0 aromatic heterocycles. The predicted octanol–water partition coefficient (Wildman–Crippen LogP) is 3.32. The number of hydrogen-bond acceptors (Lipinski definition) is 4. The molecular formula is C12H9BrF3NO3. The van der Waals surface area contributed by atoms with E-state index in [1.54, 1.807) is 13.0 Å². The van der Waals surface area contributed by atoms with E-state index in [-0.39, 0.29) is 22.2 Å². The Balaban J connectivity index is 3.26. The van der Waals surface area contributed by atoms with E-state index >= 15 is 0 Å². The van der Waals surface area contributed by atoms with Crippen molar-refractivity contribution >= 4 is 21.9 Å². The van der Waals surface area contributed by atoms with Crippen LogP contribution in [0.25, 0.3) is 0 Å². The molecule has 4 nitrogen and oxygen atoms in total. The SMILES string of the molecule is CCOC(=O)Cc1c(Br)ccc(C#N)c1OC(F)(F)F. The first kappa shape index (κ1) is 16.3. The Morgan fingerprint density at radius 1 is 1.45 bits per heavy atom. The molecule has 1 aromatic rings. The van der Waals surface area contributed by atoms with Gasteiger partial charge in [-0.1, -0.05) is 15.9 Å². The highest BCUT2D eigenvalue weighted by molar-refractivity contribution is 9.10. The van der Waals surface area contributed by atoms with E-state index in [0.717, 1.165) is 0 Å². The van der Waals surface area contributed by atoms with Gasteiger partial charge in [-0.05, 0) is 19.1 Å². The number of rotatable bonds is 4. The fraction of sp³-hybridized carbons (Fsp3) is 0.333. The maximum atomic E-state index is 12.4. The van der Waals surface area contributed by atoms with E-state index < -0.39 is 24.5 Å². The van der Waals surface area contributed by atoms with Crippen molar-refractivity contribution < 1.29 is 27.4 Å². The van der Waals surface area contributed by atoms with Gasteiger partial charge in [-0.3, -0.25) is 4.79 Å². The molecule has 1 aromatic carbocycles. The van der Waals surface area contributed by atoms with Crippen LogP contribution in [0.5, 0.6) is 5.75 Å². The molecule has 0 heterocycles. The molecule has 20 heavy (non-hydrogen) atoms. The Hall–Kier alpha value is -1.75. The highest BCUT2D eigenvalue weighted by Crippen LogP contribution is 2.35. The second kappa shape index (κ2) is 6.61. The van der Waals surface area contributed by atoms with E-state index in [4.69, 9.17) is 5.26 Å². The van der Waals surface area contributed by atoms with Crippen molar-refractivity contribution in [3.8, 4) is 11.8 Å². The zero-order valence-corrected chi connectivity index (χ0v) is 11.8. The largest absolute Gasteiger partial charge is 0.573 e. The molecule has 0 atom stereocenters. The van der Waals surface area contributed by atoms with Crippen molar-refractivity contribution in [2.45, 2.75) is 19.7 Å². The summed E-state index contributed by atoms with van der Waals surface area (Å²) in [6, 6.07) is 4.13. The monoisotopic (exact) mass is 351 g/mol. The van der Waals surface area contributed by atoms with Crippen molar-refractivity contribution in [3.05, 3.63) is 27.7 Å². The molecule has 0 saturated carbocycles. The van der Waals surface area contributed by atoms with E-state index in [9.17, 15) is 18.0 Å². The van der Waals surface area contributed by atoms with Gasteiger partial charge in [0.15, 0.2) is 5.75 Å². The van der Waals surface area contributed by atoms with E-state index in [1.165, 1.54) is 12.1 Å². The van der Waals surface area contributed by atoms with Crippen LogP contribution in [-0.4, -0.2) is 18.9 Å². The topological polar surface area (TPSA) is 59.3 Å². The lowest BCUT2D eigenvalue weighted by Crippen LogP contribution is -2.20. The normalized spacial score (nSPS) is 10.8. The van der Waals surface area contributed by atoms with E-state index in [0.29, 0.717) is 0 Å². The molecule has 108 valence electrons. The quantitative estimate of drug-likeness (QED) is 0.780. The first-order valence-corrected chi connectivity index (χ1v) is 6.20. The van der Waals surface area contributed by atoms with Crippen LogP contribution in [-0.2, 0) is 16.0 Å². The predicted molar refractivity (Wildman–Crippen MR) is 65.9 cm³/mol. The van der Waals surface area contributed by atoms with Gasteiger partial charge in [-0.25, -0.2) is 0 Å². The highest BCUT2D eigenvalue weighted by atomic mass is 79.9. The maximum absolute atomic E-state index is 12.4. The number of benzene rings is 1. The number of hydrogen-bond donors (Lipinski definition) is 0. The van der Waals surface area contributed by atoms with Crippen molar-refractivity contribution in [2.75, 3.05) is 6.61 Å². The van der Waals surface area contributed by atoms with Gasteiger partial charge >= 0.3 is 12.3 Å². The highest BCUT2D eigenvalue weighted by Gasteiger charge is 2.34. The first-order chi connectivity index (χ1) is 9.28. The minimum absolute atomic E-state index is 0.0835. The molecule has 0 spiro atoms. The van der Waals surface area contributed by atoms with E-state index in [2.05, 4.69) is 25.4 Å². The van der Waals surface area contributed by atoms with Gasteiger partial charge in [0.25, 0.3) is 0 Å². The third-order valence-electron chi connectivity index (χ3n) is 2.17. The van der Waals surface area contributed by atoms with Crippen molar-refractivity contribution in [3.63, 3.8) is 0 Å². The molecule has 0 N–H and O–H groups in total. The van der Waals surface area contributed by atoms with Crippen LogP contribution < -0.4 is 4.74 Å². The Labute approximate surface area is 121 Å². The average Bonchev–Trinajstić information content (AvgIpc) is 2.32. The maximum Gasteiger partial charge on any atom is 0.573 e. The third-order valence-corrected chi connectivity index (χ3v) is 2.91. The van der Waals surface area contributed by atoms with Gasteiger partial charge in [0.1, 0.15) is 6.07 Å². The summed E-state index contributed by atoms with van der Waals surface area (Å²) in [5.41, 5.74) is -0.398. The van der Waals surface area contributed by atoms with Crippen LogP contribution in [0.1, 0.15) is 18.1 Å². The molecule has 1 rings (SSSR count). The standard InChI is InChI=1S/C12H9BrF3NO3/c1-2-19-10(18)5-8-9(13)4-3-7(6-17)11(8)20-12(14,15)16/h3-4H,2,5H2,1H3. The van der Waals surface area contributed by atoms with Crippen LogP contribution in [0.15, 0.2) is 16.6 Å². The van der Waals surface area contributed by atoms with Crippen LogP contribution in [0, 0.1) is 11.3 Å². The molecule has 0 aliphatic heterocycles. The Morgan fingerprint density at radius 3 is 2.60 bits per heavy atom. The van der Waals surface area contributed by atoms with Gasteiger partial charge in [-0.2, -0.15) is 5.26 Å². The number of nitrogens with zero attached hydrogens (tertiary/aromatic N) is 1. The van der Waals surface area contributed by atoms with Crippen LogP contribution >= 0.6 is 15.9 Å². The lowest BCUT2D eigenvalue weighted by Gasteiger charge is -2.15. The molecule has 0 aliphatic carbocycles. The molecule has 0 fully saturated rings. The summed E-state index contributed by atoms with van der Waals surface area (Å²) in [6.45, 7) is 1.68. The lowest BCUT2D eigenvalue weighted by atomic mass is 10.1. The van der Waals surface area contributed by atoms with Crippen molar-refractivity contribution in [1.29, 1.82) is 5.26 Å². The fourth-order valence-electron chi connectivity index (χ4n) is 1.45. The van der Waals surface area contributed by atoms with Gasteiger partial charge in [0.05, 0.1) is 18.6 Å². The minimum Gasteiger partial charge on any atom is -0.466 e. The van der Waals surface area contributed by atoms with Gasteiger partial charge in [0.2, 0.25) is 0 Å². The van der Waals surface area contributed by atoms with Gasteiger partial charge in [0, 0.05) is 10.0 Å². The Morgan fingerprint density at radius 2 is 2.10 bits per heavy atom. The number of nitriles is 1. The number of carbonyl (C=O) groups is 1. The molecule has 0 amide bonds. The fourth-order valence-corrected chi connectivity index (χ4v) is 1.90. The van der Waals surface area contributed by atoms with Crippen LogP contribution in [0.3, 0.4) is 0 Å². The number of esters is 1. The number of halogens is 4. The first-order valence-electron chi connectivity index (χ1n) is 5.41. The Bertz CT molecular complexity index is 552. The number of ether oxygens (including phenoxy) is 2. The average molecular weight is 352 g/mol. The lowest BCUT2D eigenvalue weighted by molar-refractivity contribution is -0.275. The molecule has 0 aliphatic rings. The third kappa shape index (κ3) is 4.42. The molecule has 0 bridgehead atoms. The van der Waals surface area contributed by atoms with Gasteiger partial charge < -0.3 is 9.47 Å². The molecule has 8 heteroatoms. The summed E-state index contributed by atoms with van der Waals surface area (Å²) in [4.78, 5) is 11.4. The second-order valence-corrected chi connectivity index (χ2v) is 4.40. The minimum atomic E-state index is -4.96. The molecule has 0 radical (unpaired) electrons. The number of carbonyl (C=O) groups excluding carboxylic acids is 1. The summed E-state index contributed by atoms with van der Waals surface area (Å²) in [5, 5.41) is 8.84. The van der Waals surface area contributed by atoms with Crippen LogP contribution in [0.2, 0.25) is 0 Å². The van der Waals surface area contributed by atoms with Crippen molar-refractivity contribution in [2.24, 2.45) is 0 Å². The van der Waals surface area contributed by atoms with Crippen molar-refractivity contribution in [1.82, 2.24) is 0 Å². The number of alkyl halides is 3. The summed E-state index contributed by atoms with van der Waals surface area (Å²) in [5.74, 6) is -1.40. The zero-order chi connectivity index (χ0) is 15.3. The second-order valence-electron chi connectivity index (χ2n) is 3.54. The summed E-state index contributed by atoms with van der Waals surface area (Å²) in [6.07, 6.45) is -5.40. The molecule has 0 saturated heterocycles. The molecular weight excluding hydrogens is 343 g/mol. The van der Waals surface area contributed by atoms with E-state index in [1.807, 2.05) is 0 Å². The summed E-state index contributed by atoms with van der Waals surface area (Å²) >= 11 is 3.03. The smallest absolute Gasteiger partial charge is 0.466 e. The zero-order valence-electron chi connectivity index (χ0n) is 10.3. The molecule has 0 unspecified atom stereocenters. The Kier molecular flexibility index (Phi) is 5.39. The summed E-state index contributed by atoms with van der Waals surface area (Å²) < 4.78 is 45.9.